The molecule has 2 heterocycles. The van der Waals surface area contributed by atoms with E-state index in [9.17, 15) is 4.79 Å². The van der Waals surface area contributed by atoms with E-state index in [0.29, 0.717) is 10.6 Å². The van der Waals surface area contributed by atoms with Gasteiger partial charge in [0.2, 0.25) is 0 Å². The van der Waals surface area contributed by atoms with Crippen LogP contribution in [-0.2, 0) is 0 Å². The number of thiocarbonyl (C=S) groups is 1. The van der Waals surface area contributed by atoms with Gasteiger partial charge in [0.25, 0.3) is 5.91 Å². The monoisotopic (exact) mass is 278 g/mol. The second-order valence-corrected chi connectivity index (χ2v) is 5.39. The molecule has 1 fully saturated rings. The molecular formula is C13H18N4OS. The number of piperidine rings is 1. The van der Waals surface area contributed by atoms with Crippen molar-refractivity contribution in [2.75, 3.05) is 20.1 Å². The lowest BCUT2D eigenvalue weighted by atomic mass is 9.87. The van der Waals surface area contributed by atoms with Crippen LogP contribution in [0, 0.1) is 0 Å². The number of aromatic nitrogens is 1. The molecule has 0 atom stereocenters. The molecular weight excluding hydrogens is 260 g/mol. The number of hydrogen-bond acceptors (Lipinski definition) is 4. The second kappa shape index (κ2) is 5.63. The van der Waals surface area contributed by atoms with Gasteiger partial charge in [-0.05, 0) is 32.0 Å². The normalized spacial score (nSPS) is 18.8. The van der Waals surface area contributed by atoms with E-state index >= 15 is 0 Å². The third-order valence-electron chi connectivity index (χ3n) is 3.59. The average molecular weight is 278 g/mol. The summed E-state index contributed by atoms with van der Waals surface area (Å²) in [6.07, 6.45) is 4.66. The molecule has 0 aromatic carbocycles. The van der Waals surface area contributed by atoms with Crippen molar-refractivity contribution in [3.05, 3.63) is 30.1 Å². The van der Waals surface area contributed by atoms with Gasteiger partial charge in [0.1, 0.15) is 0 Å². The van der Waals surface area contributed by atoms with Gasteiger partial charge in [-0.25, -0.2) is 0 Å². The maximum atomic E-state index is 12.2. The van der Waals surface area contributed by atoms with Gasteiger partial charge in [-0.2, -0.15) is 0 Å². The van der Waals surface area contributed by atoms with Crippen molar-refractivity contribution in [2.45, 2.75) is 18.4 Å². The molecule has 0 unspecified atom stereocenters. The van der Waals surface area contributed by atoms with E-state index in [1.54, 1.807) is 18.3 Å². The number of nitrogens with two attached hydrogens (primary N) is 1. The molecule has 0 saturated carbocycles. The Balaban J connectivity index is 2.14. The zero-order valence-corrected chi connectivity index (χ0v) is 11.7. The van der Waals surface area contributed by atoms with Crippen molar-refractivity contribution < 1.29 is 4.79 Å². The summed E-state index contributed by atoms with van der Waals surface area (Å²) < 4.78 is 0. The topological polar surface area (TPSA) is 71.2 Å². The highest BCUT2D eigenvalue weighted by Gasteiger charge is 2.38. The molecule has 1 aromatic rings. The van der Waals surface area contributed by atoms with Gasteiger partial charge in [0, 0.05) is 25.5 Å². The molecule has 1 aromatic heterocycles. The van der Waals surface area contributed by atoms with Crippen LogP contribution >= 0.6 is 12.2 Å². The van der Waals surface area contributed by atoms with Gasteiger partial charge in [-0.15, -0.1) is 0 Å². The minimum Gasteiger partial charge on any atom is -0.391 e. The maximum Gasteiger partial charge on any atom is 0.253 e. The molecule has 3 N–H and O–H groups in total. The highest BCUT2D eigenvalue weighted by molar-refractivity contribution is 7.80. The number of hydrogen-bond donors (Lipinski definition) is 2. The molecule has 1 aliphatic heterocycles. The average Bonchev–Trinajstić information content (AvgIpc) is 2.42. The van der Waals surface area contributed by atoms with E-state index in [-0.39, 0.29) is 5.91 Å². The van der Waals surface area contributed by atoms with Crippen LogP contribution in [0.1, 0.15) is 23.2 Å². The molecule has 0 spiro atoms. The Labute approximate surface area is 118 Å². The summed E-state index contributed by atoms with van der Waals surface area (Å²) in [6.45, 7) is 1.73. The van der Waals surface area contributed by atoms with E-state index < -0.39 is 5.54 Å². The Hall–Kier alpha value is -1.53. The van der Waals surface area contributed by atoms with Crippen molar-refractivity contribution >= 4 is 23.1 Å². The van der Waals surface area contributed by atoms with Crippen molar-refractivity contribution in [1.29, 1.82) is 0 Å². The van der Waals surface area contributed by atoms with Crippen molar-refractivity contribution in [1.82, 2.24) is 15.2 Å². The fraction of sp³-hybridized carbons (Fsp3) is 0.462. The number of rotatable bonds is 3. The van der Waals surface area contributed by atoms with Crippen LogP contribution in [0.4, 0.5) is 0 Å². The maximum absolute atomic E-state index is 12.2. The largest absolute Gasteiger partial charge is 0.391 e. The van der Waals surface area contributed by atoms with Crippen molar-refractivity contribution in [3.8, 4) is 0 Å². The molecule has 0 radical (unpaired) electrons. The summed E-state index contributed by atoms with van der Waals surface area (Å²) in [5, 5.41) is 3.00. The number of carbonyl (C=O) groups excluding carboxylic acids is 1. The summed E-state index contributed by atoms with van der Waals surface area (Å²) in [5.74, 6) is -0.176. The lowest BCUT2D eigenvalue weighted by Gasteiger charge is -2.40. The summed E-state index contributed by atoms with van der Waals surface area (Å²) >= 11 is 5.16. The first-order valence-electron chi connectivity index (χ1n) is 6.24. The van der Waals surface area contributed by atoms with Gasteiger partial charge in [-0.3, -0.25) is 9.78 Å². The molecule has 0 aliphatic carbocycles. The van der Waals surface area contributed by atoms with Gasteiger partial charge in [0.15, 0.2) is 0 Å². The standard InChI is InChI=1S/C13H18N4OS/c1-17-7-4-13(5-8-17,12(14)19)16-11(18)10-3-2-6-15-9-10/h2-3,6,9H,4-5,7-8H2,1H3,(H2,14,19)(H,16,18). The molecule has 1 saturated heterocycles. The molecule has 6 heteroatoms. The van der Waals surface area contributed by atoms with Crippen LogP contribution < -0.4 is 11.1 Å². The predicted octanol–water partition coefficient (Wildman–Crippen LogP) is 0.562. The van der Waals surface area contributed by atoms with Crippen molar-refractivity contribution in [3.63, 3.8) is 0 Å². The number of amides is 1. The predicted molar refractivity (Wildman–Crippen MR) is 78.0 cm³/mol. The number of nitrogens with zero attached hydrogens (tertiary/aromatic N) is 2. The first-order valence-corrected chi connectivity index (χ1v) is 6.65. The van der Waals surface area contributed by atoms with Gasteiger partial charge >= 0.3 is 0 Å². The lowest BCUT2D eigenvalue weighted by Crippen LogP contribution is -2.61. The van der Waals surface area contributed by atoms with Gasteiger partial charge < -0.3 is 16.0 Å². The second-order valence-electron chi connectivity index (χ2n) is 4.95. The molecule has 1 aliphatic rings. The Morgan fingerprint density at radius 2 is 2.21 bits per heavy atom. The van der Waals surface area contributed by atoms with E-state index in [4.69, 9.17) is 18.0 Å². The smallest absolute Gasteiger partial charge is 0.253 e. The summed E-state index contributed by atoms with van der Waals surface area (Å²) in [5.41, 5.74) is 5.81. The number of pyridine rings is 1. The van der Waals surface area contributed by atoms with E-state index in [1.165, 1.54) is 6.20 Å². The Morgan fingerprint density at radius 1 is 1.53 bits per heavy atom. The van der Waals surface area contributed by atoms with Crippen LogP contribution in [0.2, 0.25) is 0 Å². The zero-order valence-electron chi connectivity index (χ0n) is 10.9. The van der Waals surface area contributed by atoms with Crippen LogP contribution in [0.25, 0.3) is 0 Å². The molecule has 1 amide bonds. The van der Waals surface area contributed by atoms with Crippen molar-refractivity contribution in [2.24, 2.45) is 5.73 Å². The first kappa shape index (κ1) is 13.9. The minimum atomic E-state index is -0.575. The van der Waals surface area contributed by atoms with Crippen LogP contribution in [0.15, 0.2) is 24.5 Å². The number of nitrogens with one attached hydrogen (secondary N) is 1. The molecule has 5 nitrogen and oxygen atoms in total. The van der Waals surface area contributed by atoms with Crippen LogP contribution in [0.5, 0.6) is 0 Å². The Bertz CT molecular complexity index is 469. The summed E-state index contributed by atoms with van der Waals surface area (Å²) in [7, 11) is 2.05. The SMILES string of the molecule is CN1CCC(NC(=O)c2cccnc2)(C(N)=S)CC1. The van der Waals surface area contributed by atoms with E-state index in [1.807, 2.05) is 7.05 Å². The number of carbonyl (C=O) groups is 1. The fourth-order valence-electron chi connectivity index (χ4n) is 2.22. The van der Waals surface area contributed by atoms with Gasteiger partial charge in [0.05, 0.1) is 16.1 Å². The van der Waals surface area contributed by atoms with Crippen LogP contribution in [0.3, 0.4) is 0 Å². The lowest BCUT2D eigenvalue weighted by molar-refractivity contribution is 0.0890. The highest BCUT2D eigenvalue weighted by atomic mass is 32.1. The van der Waals surface area contributed by atoms with Crippen LogP contribution in [-0.4, -0.2) is 46.5 Å². The van der Waals surface area contributed by atoms with E-state index in [0.717, 1.165) is 25.9 Å². The molecule has 19 heavy (non-hydrogen) atoms. The molecule has 102 valence electrons. The highest BCUT2D eigenvalue weighted by Crippen LogP contribution is 2.22. The summed E-state index contributed by atoms with van der Waals surface area (Å²) in [6, 6.07) is 3.46. The minimum absolute atomic E-state index is 0.176. The Kier molecular flexibility index (Phi) is 4.11. The third kappa shape index (κ3) is 3.08. The quantitative estimate of drug-likeness (QED) is 0.791. The third-order valence-corrected chi connectivity index (χ3v) is 3.98. The first-order chi connectivity index (χ1) is 9.03. The number of likely N-dealkylation sites (tertiary alicyclic amines) is 1. The molecule has 0 bridgehead atoms. The summed E-state index contributed by atoms with van der Waals surface area (Å²) in [4.78, 5) is 18.7. The van der Waals surface area contributed by atoms with E-state index in [2.05, 4.69) is 15.2 Å². The fourth-order valence-corrected chi connectivity index (χ4v) is 2.47. The zero-order chi connectivity index (χ0) is 13.9. The Morgan fingerprint density at radius 3 is 2.74 bits per heavy atom. The molecule has 2 rings (SSSR count). The van der Waals surface area contributed by atoms with Gasteiger partial charge in [-0.1, -0.05) is 12.2 Å².